The molecule has 0 aliphatic carbocycles. The fourth-order valence-electron chi connectivity index (χ4n) is 1.83. The summed E-state index contributed by atoms with van der Waals surface area (Å²) in [6.45, 7) is 8.75. The molecule has 1 aromatic rings. The summed E-state index contributed by atoms with van der Waals surface area (Å²) in [5.41, 5.74) is 0. The molecule has 0 spiro atoms. The van der Waals surface area contributed by atoms with E-state index in [1.807, 2.05) is 27.7 Å². The second-order valence-electron chi connectivity index (χ2n) is 6.40. The largest absolute Gasteiger partial charge is 0.486 e. The van der Waals surface area contributed by atoms with Crippen LogP contribution in [0.5, 0.6) is 5.75 Å². The molecule has 144 valence electrons. The third-order valence-corrected chi connectivity index (χ3v) is 5.15. The Balaban J connectivity index is 0.00000576. The molecule has 1 rings (SSSR count). The van der Waals surface area contributed by atoms with Gasteiger partial charge in [0.05, 0.1) is 6.54 Å². The van der Waals surface area contributed by atoms with Crippen molar-refractivity contribution in [3.05, 3.63) is 30.1 Å². The van der Waals surface area contributed by atoms with Gasteiger partial charge < -0.3 is 15.4 Å². The number of para-hydroxylation sites is 1. The van der Waals surface area contributed by atoms with E-state index < -0.39 is 10.8 Å². The van der Waals surface area contributed by atoms with Crippen molar-refractivity contribution < 1.29 is 13.3 Å². The van der Waals surface area contributed by atoms with E-state index in [2.05, 4.69) is 15.6 Å². The zero-order valence-electron chi connectivity index (χ0n) is 15.5. The van der Waals surface area contributed by atoms with Gasteiger partial charge in [-0.2, -0.15) is 0 Å². The lowest BCUT2D eigenvalue weighted by Crippen LogP contribution is -2.43. The summed E-state index contributed by atoms with van der Waals surface area (Å²) in [4.78, 5) is 4.11. The zero-order valence-corrected chi connectivity index (χ0v) is 18.6. The highest BCUT2D eigenvalue weighted by molar-refractivity contribution is 14.0. The molecule has 0 aliphatic heterocycles. The molecule has 8 heteroatoms. The third-order valence-electron chi connectivity index (χ3n) is 3.21. The molecular formula is C17H29FIN3O2S. The van der Waals surface area contributed by atoms with Gasteiger partial charge in [-0.15, -0.1) is 24.0 Å². The van der Waals surface area contributed by atoms with Gasteiger partial charge in [0.25, 0.3) is 0 Å². The van der Waals surface area contributed by atoms with Crippen molar-refractivity contribution >= 4 is 40.7 Å². The van der Waals surface area contributed by atoms with Crippen LogP contribution in [0.15, 0.2) is 29.3 Å². The molecular weight excluding hydrogens is 456 g/mol. The van der Waals surface area contributed by atoms with Crippen LogP contribution >= 0.6 is 24.0 Å². The van der Waals surface area contributed by atoms with Crippen LogP contribution in [0.2, 0.25) is 0 Å². The van der Waals surface area contributed by atoms with Gasteiger partial charge >= 0.3 is 0 Å². The Labute approximate surface area is 169 Å². The van der Waals surface area contributed by atoms with E-state index >= 15 is 0 Å². The number of hydrogen-bond acceptors (Lipinski definition) is 3. The van der Waals surface area contributed by atoms with Crippen molar-refractivity contribution in [2.24, 2.45) is 4.99 Å². The lowest BCUT2D eigenvalue weighted by Gasteiger charge is -2.20. The minimum Gasteiger partial charge on any atom is -0.486 e. The van der Waals surface area contributed by atoms with Gasteiger partial charge in [-0.05, 0) is 39.8 Å². The van der Waals surface area contributed by atoms with Crippen LogP contribution in [0.3, 0.4) is 0 Å². The molecule has 0 aromatic heterocycles. The van der Waals surface area contributed by atoms with Crippen LogP contribution in [0.4, 0.5) is 4.39 Å². The van der Waals surface area contributed by atoms with Crippen LogP contribution in [0.25, 0.3) is 0 Å². The number of ether oxygens (including phenoxy) is 1. The molecule has 0 fully saturated rings. The summed E-state index contributed by atoms with van der Waals surface area (Å²) in [6.07, 6.45) is -0.232. The fourth-order valence-corrected chi connectivity index (χ4v) is 2.73. The highest BCUT2D eigenvalue weighted by Gasteiger charge is 2.18. The lowest BCUT2D eigenvalue weighted by atomic mass is 10.3. The normalized spacial score (nSPS) is 14.2. The fraction of sp³-hybridized carbons (Fsp3) is 0.588. The third kappa shape index (κ3) is 9.39. The molecule has 0 radical (unpaired) electrons. The molecule has 25 heavy (non-hydrogen) atoms. The molecule has 0 amide bonds. The van der Waals surface area contributed by atoms with Gasteiger partial charge in [0.2, 0.25) is 0 Å². The maximum Gasteiger partial charge on any atom is 0.191 e. The maximum absolute atomic E-state index is 13.5. The zero-order chi connectivity index (χ0) is 18.2. The average molecular weight is 485 g/mol. The molecule has 0 aliphatic rings. The Kier molecular flexibility index (Phi) is 11.2. The van der Waals surface area contributed by atoms with Crippen molar-refractivity contribution in [3.8, 4) is 5.75 Å². The summed E-state index contributed by atoms with van der Waals surface area (Å²) >= 11 is 0. The van der Waals surface area contributed by atoms with Crippen molar-refractivity contribution in [1.29, 1.82) is 0 Å². The Morgan fingerprint density at radius 1 is 1.32 bits per heavy atom. The molecule has 2 N–H and O–H groups in total. The molecule has 2 atom stereocenters. The predicted molar refractivity (Wildman–Crippen MR) is 114 cm³/mol. The summed E-state index contributed by atoms with van der Waals surface area (Å²) in [6, 6.07) is 6.32. The Morgan fingerprint density at radius 3 is 2.52 bits per heavy atom. The molecule has 5 nitrogen and oxygen atoms in total. The first kappa shape index (κ1) is 24.1. The highest BCUT2D eigenvalue weighted by atomic mass is 127. The molecule has 0 saturated heterocycles. The van der Waals surface area contributed by atoms with Gasteiger partial charge in [-0.3, -0.25) is 9.20 Å². The summed E-state index contributed by atoms with van der Waals surface area (Å²) in [7, 11) is 0.756. The van der Waals surface area contributed by atoms with Crippen LogP contribution in [-0.4, -0.2) is 46.9 Å². The monoisotopic (exact) mass is 485 g/mol. The van der Waals surface area contributed by atoms with Crippen LogP contribution in [0, 0.1) is 5.82 Å². The lowest BCUT2D eigenvalue weighted by molar-refractivity contribution is 0.214. The van der Waals surface area contributed by atoms with Crippen molar-refractivity contribution in [2.75, 3.05) is 25.9 Å². The Bertz CT molecular complexity index is 579. The summed E-state index contributed by atoms with van der Waals surface area (Å²) in [5.74, 6) is 1.00. The molecule has 0 bridgehead atoms. The minimum absolute atomic E-state index is 0. The summed E-state index contributed by atoms with van der Waals surface area (Å²) < 4.78 is 30.9. The van der Waals surface area contributed by atoms with Crippen molar-refractivity contribution in [3.63, 3.8) is 0 Å². The van der Waals surface area contributed by atoms with E-state index in [1.54, 1.807) is 25.2 Å². The van der Waals surface area contributed by atoms with Gasteiger partial charge in [-0.25, -0.2) is 4.39 Å². The first-order valence-electron chi connectivity index (χ1n) is 7.98. The topological polar surface area (TPSA) is 62.7 Å². The van der Waals surface area contributed by atoms with Crippen molar-refractivity contribution in [2.45, 2.75) is 38.5 Å². The van der Waals surface area contributed by atoms with Gasteiger partial charge in [0, 0.05) is 34.9 Å². The van der Waals surface area contributed by atoms with E-state index in [0.29, 0.717) is 24.8 Å². The first-order chi connectivity index (χ1) is 11.2. The first-order valence-corrected chi connectivity index (χ1v) is 9.30. The number of nitrogens with zero attached hydrogens (tertiary/aromatic N) is 1. The maximum atomic E-state index is 13.5. The number of benzene rings is 1. The molecule has 1 aromatic carbocycles. The molecule has 0 saturated carbocycles. The number of hydrogen-bond donors (Lipinski definition) is 2. The number of guanidine groups is 1. The number of halogens is 2. The van der Waals surface area contributed by atoms with E-state index in [0.717, 1.165) is 0 Å². The highest BCUT2D eigenvalue weighted by Crippen LogP contribution is 2.16. The smallest absolute Gasteiger partial charge is 0.191 e. The van der Waals surface area contributed by atoms with E-state index in [9.17, 15) is 8.60 Å². The predicted octanol–water partition coefficient (Wildman–Crippen LogP) is 2.92. The van der Waals surface area contributed by atoms with Crippen LogP contribution in [-0.2, 0) is 10.8 Å². The Morgan fingerprint density at radius 2 is 1.96 bits per heavy atom. The van der Waals surface area contributed by atoms with Gasteiger partial charge in [0.1, 0.15) is 6.10 Å². The van der Waals surface area contributed by atoms with E-state index in [-0.39, 0.29) is 46.4 Å². The quantitative estimate of drug-likeness (QED) is 0.354. The molecule has 2 unspecified atom stereocenters. The standard InChI is InChI=1S/C17H28FN3O2S.HI/c1-13(23-15-9-7-6-8-14(15)18)12-21-16(19-5)20-10-11-24(22)17(2,3)4;/h6-9,13H,10-12H2,1-5H3,(H2,19,20,21);1H. The molecule has 0 heterocycles. The van der Waals surface area contributed by atoms with Crippen LogP contribution in [0.1, 0.15) is 27.7 Å². The SMILES string of the molecule is CN=C(NCCS(=O)C(C)(C)C)NCC(C)Oc1ccccc1F.I. The van der Waals surface area contributed by atoms with Crippen molar-refractivity contribution in [1.82, 2.24) is 10.6 Å². The number of aliphatic imine (C=N–C) groups is 1. The van der Waals surface area contributed by atoms with E-state index in [1.165, 1.54) is 6.07 Å². The number of rotatable bonds is 7. The Hall–Kier alpha value is -0.900. The summed E-state index contributed by atoms with van der Waals surface area (Å²) in [5, 5.41) is 6.23. The van der Waals surface area contributed by atoms with Gasteiger partial charge in [0.15, 0.2) is 17.5 Å². The second kappa shape index (κ2) is 11.7. The van der Waals surface area contributed by atoms with Crippen LogP contribution < -0.4 is 15.4 Å². The van der Waals surface area contributed by atoms with E-state index in [4.69, 9.17) is 4.74 Å². The second-order valence-corrected chi connectivity index (χ2v) is 8.72. The number of nitrogens with one attached hydrogen (secondary N) is 2. The van der Waals surface area contributed by atoms with Gasteiger partial charge in [-0.1, -0.05) is 12.1 Å². The minimum atomic E-state index is -0.909. The average Bonchev–Trinajstić information content (AvgIpc) is 2.51.